The molecule has 2 rings (SSSR count). The molecule has 2 nitrogen and oxygen atoms in total. The molecule has 0 radical (unpaired) electrons. The van der Waals surface area contributed by atoms with Gasteiger partial charge in [-0.25, -0.2) is 8.78 Å². The highest BCUT2D eigenvalue weighted by molar-refractivity contribution is 5.37. The summed E-state index contributed by atoms with van der Waals surface area (Å²) in [5.74, 6) is -0.421. The maximum Gasteiger partial charge on any atom is 0.131 e. The Kier molecular flexibility index (Phi) is 5.28. The van der Waals surface area contributed by atoms with Crippen LogP contribution in [0.4, 0.5) is 8.78 Å². The van der Waals surface area contributed by atoms with Crippen LogP contribution in [0.2, 0.25) is 0 Å². The van der Waals surface area contributed by atoms with E-state index in [-0.39, 0.29) is 5.56 Å². The fraction of sp³-hybridized carbons (Fsp3) is 0.294. The Labute approximate surface area is 123 Å². The number of ether oxygens (including phenoxy) is 1. The second-order valence-corrected chi connectivity index (χ2v) is 4.78. The molecule has 0 saturated heterocycles. The first-order chi connectivity index (χ1) is 10.2. The Morgan fingerprint density at radius 3 is 2.38 bits per heavy atom. The minimum absolute atomic E-state index is 0.0210. The van der Waals surface area contributed by atoms with Gasteiger partial charge in [-0.3, -0.25) is 0 Å². The van der Waals surface area contributed by atoms with E-state index in [4.69, 9.17) is 4.74 Å². The van der Waals surface area contributed by atoms with Crippen molar-refractivity contribution in [1.29, 1.82) is 0 Å². The molecule has 1 atom stereocenters. The standard InChI is InChI=1S/C17H19F2NO/c1-3-10-21-13-7-4-6-12(11-13)17(20-2)16-14(18)8-5-9-15(16)19/h4-9,11,17,20H,3,10H2,1-2H3. The molecule has 21 heavy (non-hydrogen) atoms. The first kappa shape index (κ1) is 15.4. The van der Waals surface area contributed by atoms with E-state index in [0.29, 0.717) is 12.4 Å². The smallest absolute Gasteiger partial charge is 0.131 e. The molecule has 0 heterocycles. The highest BCUT2D eigenvalue weighted by Gasteiger charge is 2.20. The molecule has 0 aliphatic carbocycles. The summed E-state index contributed by atoms with van der Waals surface area (Å²) in [6, 6.07) is 10.6. The quantitative estimate of drug-likeness (QED) is 0.866. The fourth-order valence-electron chi connectivity index (χ4n) is 2.27. The highest BCUT2D eigenvalue weighted by atomic mass is 19.1. The lowest BCUT2D eigenvalue weighted by Gasteiger charge is -2.19. The Bertz CT molecular complexity index is 581. The molecular weight excluding hydrogens is 272 g/mol. The molecule has 1 unspecified atom stereocenters. The average Bonchev–Trinajstić information content (AvgIpc) is 2.49. The molecule has 0 bridgehead atoms. The van der Waals surface area contributed by atoms with Gasteiger partial charge >= 0.3 is 0 Å². The van der Waals surface area contributed by atoms with Crippen LogP contribution in [0.25, 0.3) is 0 Å². The predicted octanol–water partition coefficient (Wildman–Crippen LogP) is 4.06. The third kappa shape index (κ3) is 3.58. The van der Waals surface area contributed by atoms with E-state index in [2.05, 4.69) is 5.32 Å². The maximum atomic E-state index is 14.0. The van der Waals surface area contributed by atoms with E-state index < -0.39 is 17.7 Å². The summed E-state index contributed by atoms with van der Waals surface area (Å²) in [5, 5.41) is 2.96. The first-order valence-corrected chi connectivity index (χ1v) is 7.01. The molecule has 0 spiro atoms. The molecule has 0 fully saturated rings. The summed E-state index contributed by atoms with van der Waals surface area (Å²) in [7, 11) is 1.68. The van der Waals surface area contributed by atoms with Crippen molar-refractivity contribution in [2.75, 3.05) is 13.7 Å². The van der Waals surface area contributed by atoms with Crippen molar-refractivity contribution in [2.45, 2.75) is 19.4 Å². The monoisotopic (exact) mass is 291 g/mol. The van der Waals surface area contributed by atoms with Gasteiger partial charge in [0.2, 0.25) is 0 Å². The lowest BCUT2D eigenvalue weighted by Crippen LogP contribution is -2.20. The zero-order valence-electron chi connectivity index (χ0n) is 12.2. The summed E-state index contributed by atoms with van der Waals surface area (Å²) in [5.41, 5.74) is 0.780. The van der Waals surface area contributed by atoms with Crippen LogP contribution in [0.1, 0.15) is 30.5 Å². The van der Waals surface area contributed by atoms with Crippen LogP contribution < -0.4 is 10.1 Å². The number of nitrogens with one attached hydrogen (secondary N) is 1. The topological polar surface area (TPSA) is 21.3 Å². The van der Waals surface area contributed by atoms with Gasteiger partial charge in [0.05, 0.1) is 12.6 Å². The molecule has 0 saturated carbocycles. The van der Waals surface area contributed by atoms with Crippen LogP contribution in [0.3, 0.4) is 0 Å². The van der Waals surface area contributed by atoms with Crippen molar-refractivity contribution in [3.63, 3.8) is 0 Å². The number of rotatable bonds is 6. The molecule has 0 aliphatic heterocycles. The predicted molar refractivity (Wildman–Crippen MR) is 79.5 cm³/mol. The van der Waals surface area contributed by atoms with E-state index in [1.165, 1.54) is 18.2 Å². The van der Waals surface area contributed by atoms with Gasteiger partial charge in [0.15, 0.2) is 0 Å². The molecule has 2 aromatic carbocycles. The van der Waals surface area contributed by atoms with Crippen molar-refractivity contribution in [1.82, 2.24) is 5.32 Å². The van der Waals surface area contributed by atoms with Gasteiger partial charge in [0, 0.05) is 5.56 Å². The molecular formula is C17H19F2NO. The molecule has 0 amide bonds. The van der Waals surface area contributed by atoms with Crippen molar-refractivity contribution >= 4 is 0 Å². The molecule has 2 aromatic rings. The Balaban J connectivity index is 2.37. The van der Waals surface area contributed by atoms with Crippen LogP contribution in [-0.2, 0) is 0 Å². The van der Waals surface area contributed by atoms with Crippen molar-refractivity contribution < 1.29 is 13.5 Å². The highest BCUT2D eigenvalue weighted by Crippen LogP contribution is 2.28. The second kappa shape index (κ2) is 7.18. The zero-order valence-corrected chi connectivity index (χ0v) is 12.2. The number of hydrogen-bond donors (Lipinski definition) is 1. The minimum Gasteiger partial charge on any atom is -0.494 e. The van der Waals surface area contributed by atoms with E-state index in [9.17, 15) is 8.78 Å². The summed E-state index contributed by atoms with van der Waals surface area (Å²) in [4.78, 5) is 0. The van der Waals surface area contributed by atoms with E-state index in [1.54, 1.807) is 7.05 Å². The Morgan fingerprint density at radius 2 is 1.76 bits per heavy atom. The van der Waals surface area contributed by atoms with E-state index in [1.807, 2.05) is 31.2 Å². The van der Waals surface area contributed by atoms with Gasteiger partial charge in [-0.2, -0.15) is 0 Å². The maximum absolute atomic E-state index is 14.0. The SMILES string of the molecule is CCCOc1cccc(C(NC)c2c(F)cccc2F)c1. The van der Waals surface area contributed by atoms with Gasteiger partial charge < -0.3 is 10.1 Å². The Morgan fingerprint density at radius 1 is 1.10 bits per heavy atom. The minimum atomic E-state index is -0.561. The summed E-state index contributed by atoms with van der Waals surface area (Å²) >= 11 is 0. The molecule has 1 N–H and O–H groups in total. The Hall–Kier alpha value is -1.94. The number of halogens is 2. The summed E-state index contributed by atoms with van der Waals surface area (Å²) < 4.78 is 33.5. The van der Waals surface area contributed by atoms with E-state index >= 15 is 0 Å². The summed E-state index contributed by atoms with van der Waals surface area (Å²) in [6.07, 6.45) is 0.904. The van der Waals surface area contributed by atoms with Gasteiger partial charge in [0.1, 0.15) is 17.4 Å². The second-order valence-electron chi connectivity index (χ2n) is 4.78. The third-order valence-corrected chi connectivity index (χ3v) is 3.24. The first-order valence-electron chi connectivity index (χ1n) is 7.01. The molecule has 112 valence electrons. The normalized spacial score (nSPS) is 12.2. The van der Waals surface area contributed by atoms with Crippen LogP contribution in [-0.4, -0.2) is 13.7 Å². The number of hydrogen-bond acceptors (Lipinski definition) is 2. The molecule has 0 aliphatic rings. The van der Waals surface area contributed by atoms with Gasteiger partial charge in [-0.05, 0) is 43.3 Å². The van der Waals surface area contributed by atoms with Crippen LogP contribution in [0.5, 0.6) is 5.75 Å². The fourth-order valence-corrected chi connectivity index (χ4v) is 2.27. The van der Waals surface area contributed by atoms with Gasteiger partial charge in [0.25, 0.3) is 0 Å². The van der Waals surface area contributed by atoms with Crippen molar-refractivity contribution in [3.8, 4) is 5.75 Å². The van der Waals surface area contributed by atoms with Crippen LogP contribution in [0.15, 0.2) is 42.5 Å². The largest absolute Gasteiger partial charge is 0.494 e. The van der Waals surface area contributed by atoms with Gasteiger partial charge in [-0.1, -0.05) is 25.1 Å². The van der Waals surface area contributed by atoms with E-state index in [0.717, 1.165) is 12.0 Å². The van der Waals surface area contributed by atoms with Crippen molar-refractivity contribution in [2.24, 2.45) is 0 Å². The summed E-state index contributed by atoms with van der Waals surface area (Å²) in [6.45, 7) is 2.64. The lowest BCUT2D eigenvalue weighted by molar-refractivity contribution is 0.317. The van der Waals surface area contributed by atoms with Gasteiger partial charge in [-0.15, -0.1) is 0 Å². The number of benzene rings is 2. The molecule has 4 heteroatoms. The molecule has 0 aromatic heterocycles. The lowest BCUT2D eigenvalue weighted by atomic mass is 9.97. The average molecular weight is 291 g/mol. The van der Waals surface area contributed by atoms with Crippen LogP contribution in [0, 0.1) is 11.6 Å². The van der Waals surface area contributed by atoms with Crippen molar-refractivity contribution in [3.05, 3.63) is 65.2 Å². The zero-order chi connectivity index (χ0) is 15.2. The third-order valence-electron chi connectivity index (χ3n) is 3.24. The van der Waals surface area contributed by atoms with Crippen LogP contribution >= 0.6 is 0 Å².